The van der Waals surface area contributed by atoms with Gasteiger partial charge in [0.15, 0.2) is 16.8 Å². The molecule has 1 aromatic carbocycles. The first-order chi connectivity index (χ1) is 15.0. The molecule has 1 amide bonds. The second-order valence-corrected chi connectivity index (χ2v) is 8.41. The van der Waals surface area contributed by atoms with Crippen molar-refractivity contribution in [3.8, 4) is 11.4 Å². The van der Waals surface area contributed by atoms with Crippen molar-refractivity contribution in [2.45, 2.75) is 37.2 Å². The van der Waals surface area contributed by atoms with E-state index in [-0.39, 0.29) is 5.91 Å². The van der Waals surface area contributed by atoms with Gasteiger partial charge in [0, 0.05) is 16.7 Å². The average molecular weight is 458 g/mol. The van der Waals surface area contributed by atoms with E-state index in [0.29, 0.717) is 40.5 Å². The molecule has 3 aromatic heterocycles. The number of furan rings is 1. The van der Waals surface area contributed by atoms with Gasteiger partial charge in [-0.05, 0) is 49.7 Å². The minimum Gasteiger partial charge on any atom is -0.467 e. The number of carbonyl (C=O) groups is 1. The van der Waals surface area contributed by atoms with Crippen molar-refractivity contribution in [3.05, 3.63) is 65.3 Å². The van der Waals surface area contributed by atoms with Crippen molar-refractivity contribution in [2.75, 3.05) is 5.32 Å². The number of benzene rings is 1. The lowest BCUT2D eigenvalue weighted by Crippen LogP contribution is -2.25. The third kappa shape index (κ3) is 5.00. The number of nitrogens with zero attached hydrogens (tertiary/aromatic N) is 4. The van der Waals surface area contributed by atoms with Crippen molar-refractivity contribution in [2.24, 2.45) is 0 Å². The summed E-state index contributed by atoms with van der Waals surface area (Å²) in [5.41, 5.74) is 0.867. The zero-order chi connectivity index (χ0) is 21.8. The fourth-order valence-corrected chi connectivity index (χ4v) is 4.05. The molecule has 31 heavy (non-hydrogen) atoms. The molecule has 0 spiro atoms. The molecule has 0 aliphatic heterocycles. The molecule has 1 N–H and O–H groups in total. The van der Waals surface area contributed by atoms with Crippen molar-refractivity contribution in [3.63, 3.8) is 0 Å². The molecule has 0 saturated carbocycles. The van der Waals surface area contributed by atoms with E-state index in [1.165, 1.54) is 11.8 Å². The van der Waals surface area contributed by atoms with Gasteiger partial charge in [0.05, 0.1) is 18.1 Å². The van der Waals surface area contributed by atoms with E-state index < -0.39 is 5.25 Å². The fourth-order valence-electron chi connectivity index (χ4n) is 2.97. The molecule has 0 bridgehead atoms. The van der Waals surface area contributed by atoms with Gasteiger partial charge in [-0.1, -0.05) is 35.4 Å². The Morgan fingerprint density at radius 2 is 2.06 bits per heavy atom. The van der Waals surface area contributed by atoms with E-state index >= 15 is 0 Å². The number of hydrogen-bond donors (Lipinski definition) is 1. The number of amides is 1. The number of halogens is 1. The molecule has 0 aliphatic carbocycles. The Balaban J connectivity index is 1.61. The molecule has 10 heteroatoms. The standard InChI is InChI=1S/C21H20ClN5O3S/c1-3-17(20(28)23-18-11-13(2)30-26-18)31-21-25-24-19(14-6-8-15(22)9-7-14)27(21)12-16-5-4-10-29-16/h4-11,17H,3,12H2,1-2H3,(H,23,26,28). The Morgan fingerprint density at radius 1 is 1.26 bits per heavy atom. The predicted molar refractivity (Wildman–Crippen MR) is 118 cm³/mol. The fraction of sp³-hybridized carbons (Fsp3) is 0.238. The van der Waals surface area contributed by atoms with Gasteiger partial charge >= 0.3 is 0 Å². The van der Waals surface area contributed by atoms with E-state index in [0.717, 1.165) is 11.3 Å². The van der Waals surface area contributed by atoms with Crippen LogP contribution in [0.1, 0.15) is 24.9 Å². The number of rotatable bonds is 8. The summed E-state index contributed by atoms with van der Waals surface area (Å²) >= 11 is 7.37. The van der Waals surface area contributed by atoms with Crippen LogP contribution in [0, 0.1) is 6.92 Å². The molecular weight excluding hydrogens is 438 g/mol. The Hall–Kier alpha value is -3.04. The Kier molecular flexibility index (Phi) is 6.43. The summed E-state index contributed by atoms with van der Waals surface area (Å²) in [6.07, 6.45) is 2.22. The van der Waals surface area contributed by atoms with E-state index in [9.17, 15) is 4.79 Å². The number of anilines is 1. The summed E-state index contributed by atoms with van der Waals surface area (Å²) in [7, 11) is 0. The van der Waals surface area contributed by atoms with Gasteiger partial charge in [-0.15, -0.1) is 10.2 Å². The lowest BCUT2D eigenvalue weighted by Gasteiger charge is -2.14. The predicted octanol–water partition coefficient (Wildman–Crippen LogP) is 5.05. The van der Waals surface area contributed by atoms with Crippen LogP contribution in [0.2, 0.25) is 5.02 Å². The summed E-state index contributed by atoms with van der Waals surface area (Å²) in [4.78, 5) is 12.8. The summed E-state index contributed by atoms with van der Waals surface area (Å²) in [5, 5.41) is 16.2. The topological polar surface area (TPSA) is 99.0 Å². The number of hydrogen-bond acceptors (Lipinski definition) is 7. The molecular formula is C21H20ClN5O3S. The highest BCUT2D eigenvalue weighted by molar-refractivity contribution is 8.00. The van der Waals surface area contributed by atoms with Crippen LogP contribution in [-0.2, 0) is 11.3 Å². The maximum atomic E-state index is 12.8. The highest BCUT2D eigenvalue weighted by Crippen LogP contribution is 2.30. The Bertz CT molecular complexity index is 1150. The zero-order valence-corrected chi connectivity index (χ0v) is 18.5. The van der Waals surface area contributed by atoms with Gasteiger partial charge in [0.25, 0.3) is 0 Å². The van der Waals surface area contributed by atoms with Crippen molar-refractivity contribution >= 4 is 35.1 Å². The average Bonchev–Trinajstić information content (AvgIpc) is 3.50. The molecule has 1 atom stereocenters. The molecule has 0 radical (unpaired) electrons. The number of nitrogens with one attached hydrogen (secondary N) is 1. The van der Waals surface area contributed by atoms with Crippen LogP contribution < -0.4 is 5.32 Å². The number of aryl methyl sites for hydroxylation is 1. The molecule has 1 unspecified atom stereocenters. The number of thioether (sulfide) groups is 1. The maximum Gasteiger partial charge on any atom is 0.239 e. The van der Waals surface area contributed by atoms with Gasteiger partial charge < -0.3 is 14.3 Å². The van der Waals surface area contributed by atoms with Crippen LogP contribution in [0.4, 0.5) is 5.82 Å². The van der Waals surface area contributed by atoms with E-state index in [1.54, 1.807) is 31.4 Å². The second-order valence-electron chi connectivity index (χ2n) is 6.81. The van der Waals surface area contributed by atoms with Crippen molar-refractivity contribution in [1.29, 1.82) is 0 Å². The van der Waals surface area contributed by atoms with E-state index in [2.05, 4.69) is 20.7 Å². The first-order valence-electron chi connectivity index (χ1n) is 9.66. The summed E-state index contributed by atoms with van der Waals surface area (Å²) in [5.74, 6) is 2.26. The van der Waals surface area contributed by atoms with Crippen LogP contribution in [-0.4, -0.2) is 31.1 Å². The van der Waals surface area contributed by atoms with Gasteiger partial charge in [0.1, 0.15) is 11.5 Å². The highest BCUT2D eigenvalue weighted by atomic mass is 35.5. The quantitative estimate of drug-likeness (QED) is 0.370. The van der Waals surface area contributed by atoms with Gasteiger partial charge in [-0.25, -0.2) is 0 Å². The second kappa shape index (κ2) is 9.40. The maximum absolute atomic E-state index is 12.8. The molecule has 4 aromatic rings. The van der Waals surface area contributed by atoms with Crippen molar-refractivity contribution in [1.82, 2.24) is 19.9 Å². The zero-order valence-electron chi connectivity index (χ0n) is 16.9. The minimum absolute atomic E-state index is 0.179. The summed E-state index contributed by atoms with van der Waals surface area (Å²) in [6.45, 7) is 4.14. The third-order valence-corrected chi connectivity index (χ3v) is 6.10. The first kappa shape index (κ1) is 21.2. The smallest absolute Gasteiger partial charge is 0.239 e. The Labute approximate surface area is 188 Å². The molecule has 4 rings (SSSR count). The van der Waals surface area contributed by atoms with Crippen LogP contribution in [0.15, 0.2) is 62.8 Å². The monoisotopic (exact) mass is 457 g/mol. The highest BCUT2D eigenvalue weighted by Gasteiger charge is 2.24. The molecule has 160 valence electrons. The molecule has 0 saturated heterocycles. The molecule has 0 fully saturated rings. The van der Waals surface area contributed by atoms with E-state index in [1.807, 2.05) is 35.8 Å². The third-order valence-electron chi connectivity index (χ3n) is 4.50. The van der Waals surface area contributed by atoms with Crippen LogP contribution in [0.25, 0.3) is 11.4 Å². The number of aromatic nitrogens is 4. The SMILES string of the molecule is CCC(Sc1nnc(-c2ccc(Cl)cc2)n1Cc1ccco1)C(=O)Nc1cc(C)on1. The van der Waals surface area contributed by atoms with Gasteiger partial charge in [0.2, 0.25) is 5.91 Å². The lowest BCUT2D eigenvalue weighted by molar-refractivity contribution is -0.115. The summed E-state index contributed by atoms with van der Waals surface area (Å²) in [6, 6.07) is 12.8. The lowest BCUT2D eigenvalue weighted by atomic mass is 10.2. The normalized spacial score (nSPS) is 12.1. The van der Waals surface area contributed by atoms with E-state index in [4.69, 9.17) is 20.5 Å². The van der Waals surface area contributed by atoms with Gasteiger partial charge in [-0.3, -0.25) is 9.36 Å². The first-order valence-corrected chi connectivity index (χ1v) is 10.9. The Morgan fingerprint density at radius 3 is 2.71 bits per heavy atom. The van der Waals surface area contributed by atoms with Crippen LogP contribution >= 0.6 is 23.4 Å². The molecule has 8 nitrogen and oxygen atoms in total. The van der Waals surface area contributed by atoms with Crippen molar-refractivity contribution < 1.29 is 13.7 Å². The van der Waals surface area contributed by atoms with Crippen LogP contribution in [0.3, 0.4) is 0 Å². The molecule has 0 aliphatic rings. The minimum atomic E-state index is -0.394. The van der Waals surface area contributed by atoms with Crippen LogP contribution in [0.5, 0.6) is 0 Å². The largest absolute Gasteiger partial charge is 0.467 e. The van der Waals surface area contributed by atoms with Gasteiger partial charge in [-0.2, -0.15) is 0 Å². The summed E-state index contributed by atoms with van der Waals surface area (Å²) < 4.78 is 12.5. The molecule has 3 heterocycles. The number of carbonyl (C=O) groups excluding carboxylic acids is 1.